The second-order valence-corrected chi connectivity index (χ2v) is 3.49. The minimum absolute atomic E-state index is 1.10. The standard InChI is InChI=1S/C13H10.C2H2/c1-3-7-12-10(5-1)9-11-6-2-4-8-13(11)12;1-2/h1-8H,9H2;1-2H. The molecule has 0 aliphatic heterocycles. The lowest BCUT2D eigenvalue weighted by Gasteiger charge is -1.98. The van der Waals surface area contributed by atoms with Gasteiger partial charge in [-0.3, -0.25) is 0 Å². The van der Waals surface area contributed by atoms with Crippen molar-refractivity contribution in [3.63, 3.8) is 0 Å². The van der Waals surface area contributed by atoms with Crippen molar-refractivity contribution in [1.82, 2.24) is 0 Å². The minimum Gasteiger partial charge on any atom is -0.124 e. The largest absolute Gasteiger partial charge is 0.124 e. The van der Waals surface area contributed by atoms with Gasteiger partial charge in [-0.1, -0.05) is 48.5 Å². The fourth-order valence-corrected chi connectivity index (χ4v) is 2.08. The topological polar surface area (TPSA) is 0 Å². The van der Waals surface area contributed by atoms with Crippen molar-refractivity contribution in [2.45, 2.75) is 6.42 Å². The van der Waals surface area contributed by atoms with Crippen LogP contribution in [-0.2, 0) is 6.42 Å². The molecule has 0 amide bonds. The summed E-state index contributed by atoms with van der Waals surface area (Å²) in [4.78, 5) is 0. The number of rotatable bonds is 0. The average Bonchev–Trinajstić information content (AvgIpc) is 2.70. The molecule has 0 spiro atoms. The Bertz CT molecular complexity index is 449. The summed E-state index contributed by atoms with van der Waals surface area (Å²) in [7, 11) is 0. The molecular weight excluding hydrogens is 180 g/mol. The lowest BCUT2D eigenvalue weighted by atomic mass is 10.1. The van der Waals surface area contributed by atoms with Crippen LogP contribution in [0.5, 0.6) is 0 Å². The molecule has 0 aromatic heterocycles. The number of fused-ring (bicyclic) bond motifs is 3. The van der Waals surface area contributed by atoms with E-state index in [1.807, 2.05) is 0 Å². The number of hydrogen-bond acceptors (Lipinski definition) is 0. The van der Waals surface area contributed by atoms with Crippen molar-refractivity contribution in [3.05, 3.63) is 59.7 Å². The maximum Gasteiger partial charge on any atom is -0.00135 e. The third kappa shape index (κ3) is 1.53. The summed E-state index contributed by atoms with van der Waals surface area (Å²) in [5, 5.41) is 0. The summed E-state index contributed by atoms with van der Waals surface area (Å²) in [6, 6.07) is 17.3. The second-order valence-electron chi connectivity index (χ2n) is 3.49. The van der Waals surface area contributed by atoms with Gasteiger partial charge >= 0.3 is 0 Å². The first-order valence-electron chi connectivity index (χ1n) is 4.95. The maximum atomic E-state index is 4.00. The van der Waals surface area contributed by atoms with E-state index >= 15 is 0 Å². The Labute approximate surface area is 90.6 Å². The highest BCUT2D eigenvalue weighted by molar-refractivity contribution is 5.76. The molecule has 0 N–H and O–H groups in total. The Balaban J connectivity index is 0.000000404. The van der Waals surface area contributed by atoms with E-state index in [-0.39, 0.29) is 0 Å². The van der Waals surface area contributed by atoms with Crippen LogP contribution in [0.25, 0.3) is 11.1 Å². The highest BCUT2D eigenvalue weighted by Crippen LogP contribution is 2.35. The third-order valence-corrected chi connectivity index (χ3v) is 2.71. The molecule has 15 heavy (non-hydrogen) atoms. The summed E-state index contributed by atoms with van der Waals surface area (Å²) >= 11 is 0. The van der Waals surface area contributed by atoms with Gasteiger partial charge in [-0.25, -0.2) is 0 Å². The zero-order valence-corrected chi connectivity index (χ0v) is 8.48. The SMILES string of the molecule is C#C.c1ccc2c(c1)Cc1ccccc1-2. The molecule has 1 aliphatic rings. The molecule has 0 heteroatoms. The Hall–Kier alpha value is -2.00. The van der Waals surface area contributed by atoms with Crippen molar-refractivity contribution in [3.8, 4) is 24.0 Å². The second kappa shape index (κ2) is 4.02. The van der Waals surface area contributed by atoms with E-state index in [2.05, 4.69) is 61.4 Å². The molecule has 2 aromatic carbocycles. The zero-order valence-electron chi connectivity index (χ0n) is 8.48. The van der Waals surface area contributed by atoms with E-state index < -0.39 is 0 Å². The van der Waals surface area contributed by atoms with E-state index in [1.165, 1.54) is 22.3 Å². The Morgan fingerprint density at radius 2 is 1.07 bits per heavy atom. The fourth-order valence-electron chi connectivity index (χ4n) is 2.08. The van der Waals surface area contributed by atoms with Crippen molar-refractivity contribution >= 4 is 0 Å². The molecule has 0 atom stereocenters. The van der Waals surface area contributed by atoms with Gasteiger partial charge in [-0.05, 0) is 28.7 Å². The first-order chi connectivity index (χ1) is 7.45. The predicted molar refractivity (Wildman–Crippen MR) is 64.6 cm³/mol. The van der Waals surface area contributed by atoms with E-state index in [1.54, 1.807) is 0 Å². The summed E-state index contributed by atoms with van der Waals surface area (Å²) in [5.41, 5.74) is 5.75. The van der Waals surface area contributed by atoms with E-state index in [4.69, 9.17) is 0 Å². The van der Waals surface area contributed by atoms with Crippen LogP contribution in [0.15, 0.2) is 48.5 Å². The van der Waals surface area contributed by atoms with Gasteiger partial charge in [0.25, 0.3) is 0 Å². The Morgan fingerprint density at radius 1 is 0.667 bits per heavy atom. The van der Waals surface area contributed by atoms with Gasteiger partial charge in [-0.2, -0.15) is 0 Å². The van der Waals surface area contributed by atoms with Gasteiger partial charge in [0.2, 0.25) is 0 Å². The fraction of sp³-hybridized carbons (Fsp3) is 0.0667. The molecule has 0 radical (unpaired) electrons. The molecule has 0 heterocycles. The van der Waals surface area contributed by atoms with Gasteiger partial charge in [0.15, 0.2) is 0 Å². The number of benzene rings is 2. The number of terminal acetylenes is 1. The molecule has 0 unspecified atom stereocenters. The first-order valence-corrected chi connectivity index (χ1v) is 4.95. The first kappa shape index (κ1) is 9.55. The smallest absolute Gasteiger partial charge is 0.00135 e. The van der Waals surface area contributed by atoms with Crippen LogP contribution in [0.2, 0.25) is 0 Å². The Morgan fingerprint density at radius 3 is 1.53 bits per heavy atom. The van der Waals surface area contributed by atoms with Gasteiger partial charge in [-0.15, -0.1) is 12.8 Å². The molecule has 3 rings (SSSR count). The van der Waals surface area contributed by atoms with Crippen LogP contribution in [0.1, 0.15) is 11.1 Å². The zero-order chi connectivity index (χ0) is 10.7. The predicted octanol–water partition coefficient (Wildman–Crippen LogP) is 3.51. The lowest BCUT2D eigenvalue weighted by Crippen LogP contribution is -1.77. The molecule has 0 saturated carbocycles. The molecule has 1 aliphatic carbocycles. The Kier molecular flexibility index (Phi) is 2.56. The van der Waals surface area contributed by atoms with Crippen molar-refractivity contribution in [2.24, 2.45) is 0 Å². The maximum absolute atomic E-state index is 4.00. The van der Waals surface area contributed by atoms with Crippen LogP contribution in [-0.4, -0.2) is 0 Å². The monoisotopic (exact) mass is 192 g/mol. The van der Waals surface area contributed by atoms with Crippen LogP contribution in [0.3, 0.4) is 0 Å². The minimum atomic E-state index is 1.10. The summed E-state index contributed by atoms with van der Waals surface area (Å²) in [5.74, 6) is 0. The van der Waals surface area contributed by atoms with Gasteiger partial charge in [0.1, 0.15) is 0 Å². The van der Waals surface area contributed by atoms with E-state index in [0.717, 1.165) is 6.42 Å². The highest BCUT2D eigenvalue weighted by atomic mass is 14.2. The molecule has 72 valence electrons. The number of hydrogen-bond donors (Lipinski definition) is 0. The summed E-state index contributed by atoms with van der Waals surface area (Å²) in [6.45, 7) is 0. The van der Waals surface area contributed by atoms with Gasteiger partial charge in [0, 0.05) is 0 Å². The molecule has 0 bridgehead atoms. The molecule has 2 aromatic rings. The summed E-state index contributed by atoms with van der Waals surface area (Å²) < 4.78 is 0. The molecular formula is C15H12. The normalized spacial score (nSPS) is 10.8. The highest BCUT2D eigenvalue weighted by Gasteiger charge is 2.15. The third-order valence-electron chi connectivity index (χ3n) is 2.71. The van der Waals surface area contributed by atoms with Crippen LogP contribution in [0.4, 0.5) is 0 Å². The van der Waals surface area contributed by atoms with Crippen LogP contribution >= 0.6 is 0 Å². The van der Waals surface area contributed by atoms with E-state index in [0.29, 0.717) is 0 Å². The average molecular weight is 192 g/mol. The van der Waals surface area contributed by atoms with Crippen molar-refractivity contribution in [2.75, 3.05) is 0 Å². The molecule has 0 fully saturated rings. The van der Waals surface area contributed by atoms with Crippen molar-refractivity contribution in [1.29, 1.82) is 0 Å². The quantitative estimate of drug-likeness (QED) is 0.478. The van der Waals surface area contributed by atoms with Gasteiger partial charge < -0.3 is 0 Å². The molecule has 0 saturated heterocycles. The van der Waals surface area contributed by atoms with Crippen molar-refractivity contribution < 1.29 is 0 Å². The molecule has 0 nitrogen and oxygen atoms in total. The van der Waals surface area contributed by atoms with Crippen LogP contribution in [0, 0.1) is 12.8 Å². The van der Waals surface area contributed by atoms with Gasteiger partial charge in [0.05, 0.1) is 0 Å². The van der Waals surface area contributed by atoms with Crippen LogP contribution < -0.4 is 0 Å². The summed E-state index contributed by atoms with van der Waals surface area (Å²) in [6.07, 6.45) is 9.10. The lowest BCUT2D eigenvalue weighted by molar-refractivity contribution is 1.26. The van der Waals surface area contributed by atoms with E-state index in [9.17, 15) is 0 Å².